The van der Waals surface area contributed by atoms with Crippen molar-refractivity contribution in [1.29, 1.82) is 0 Å². The van der Waals surface area contributed by atoms with Crippen molar-refractivity contribution >= 4 is 11.7 Å². The number of allylic oxidation sites excluding steroid dienone is 1. The Bertz CT molecular complexity index is 890. The Kier molecular flexibility index (Phi) is 6.77. The van der Waals surface area contributed by atoms with Gasteiger partial charge in [0.2, 0.25) is 5.91 Å². The summed E-state index contributed by atoms with van der Waals surface area (Å²) < 4.78 is 0. The zero-order valence-electron chi connectivity index (χ0n) is 17.9. The predicted octanol–water partition coefficient (Wildman–Crippen LogP) is 4.68. The first-order valence-corrected chi connectivity index (χ1v) is 11.3. The number of hydrogen-bond donors (Lipinski definition) is 1. The maximum Gasteiger partial charge on any atom is 0.224 e. The van der Waals surface area contributed by atoms with Gasteiger partial charge in [0.05, 0.1) is 5.92 Å². The first kappa shape index (κ1) is 20.6. The van der Waals surface area contributed by atoms with Crippen molar-refractivity contribution in [3.8, 4) is 11.4 Å². The number of aryl methyl sites for hydroxylation is 1. The molecule has 2 aliphatic rings. The molecule has 0 spiro atoms. The van der Waals surface area contributed by atoms with Gasteiger partial charge >= 0.3 is 0 Å². The highest BCUT2D eigenvalue weighted by Gasteiger charge is 2.26. The summed E-state index contributed by atoms with van der Waals surface area (Å²) in [7, 11) is 0. The lowest BCUT2D eigenvalue weighted by Crippen LogP contribution is -2.43. The molecular formula is C25H32N4O. The van der Waals surface area contributed by atoms with Gasteiger partial charge in [0.1, 0.15) is 5.82 Å². The molecule has 1 aliphatic carbocycles. The zero-order valence-corrected chi connectivity index (χ0v) is 17.9. The fraction of sp³-hybridized carbons (Fsp3) is 0.480. The summed E-state index contributed by atoms with van der Waals surface area (Å²) in [6, 6.07) is 10.2. The molecular weight excluding hydrogens is 372 g/mol. The quantitative estimate of drug-likeness (QED) is 0.711. The number of nitrogens with one attached hydrogen (secondary N) is 1. The van der Waals surface area contributed by atoms with Gasteiger partial charge < -0.3 is 10.2 Å². The van der Waals surface area contributed by atoms with E-state index in [1.54, 1.807) is 0 Å². The molecule has 0 unspecified atom stereocenters. The van der Waals surface area contributed by atoms with Crippen LogP contribution in [0.5, 0.6) is 0 Å². The SMILES string of the molecule is Cc1ccc(-c2nccc(N3CCC[C@@H](C(=O)NCCC4=CCCCC4)C3)n2)cc1. The van der Waals surface area contributed by atoms with Crippen molar-refractivity contribution in [2.45, 2.75) is 51.9 Å². The van der Waals surface area contributed by atoms with E-state index in [0.717, 1.165) is 56.1 Å². The molecule has 30 heavy (non-hydrogen) atoms. The van der Waals surface area contributed by atoms with E-state index in [0.29, 0.717) is 0 Å². The maximum atomic E-state index is 12.7. The monoisotopic (exact) mass is 404 g/mol. The van der Waals surface area contributed by atoms with Crippen molar-refractivity contribution in [3.05, 3.63) is 53.7 Å². The van der Waals surface area contributed by atoms with Crippen LogP contribution in [0, 0.1) is 12.8 Å². The lowest BCUT2D eigenvalue weighted by molar-refractivity contribution is -0.125. The number of carbonyl (C=O) groups excluding carboxylic acids is 1. The van der Waals surface area contributed by atoms with E-state index in [9.17, 15) is 4.79 Å². The van der Waals surface area contributed by atoms with Crippen molar-refractivity contribution in [3.63, 3.8) is 0 Å². The molecule has 0 bridgehead atoms. The largest absolute Gasteiger partial charge is 0.356 e. The molecule has 1 N–H and O–H groups in total. The normalized spacial score (nSPS) is 19.3. The van der Waals surface area contributed by atoms with E-state index in [1.165, 1.54) is 36.8 Å². The number of carbonyl (C=O) groups is 1. The summed E-state index contributed by atoms with van der Waals surface area (Å²) in [4.78, 5) is 24.2. The van der Waals surface area contributed by atoms with E-state index in [1.807, 2.05) is 12.3 Å². The van der Waals surface area contributed by atoms with E-state index in [4.69, 9.17) is 4.98 Å². The molecule has 2 heterocycles. The number of aromatic nitrogens is 2. The first-order valence-electron chi connectivity index (χ1n) is 11.3. The Morgan fingerprint density at radius 1 is 1.17 bits per heavy atom. The van der Waals surface area contributed by atoms with Gasteiger partial charge in [-0.25, -0.2) is 9.97 Å². The predicted molar refractivity (Wildman–Crippen MR) is 121 cm³/mol. The molecule has 1 aliphatic heterocycles. The van der Waals surface area contributed by atoms with Crippen LogP contribution in [0.25, 0.3) is 11.4 Å². The average molecular weight is 405 g/mol. The molecule has 1 aromatic carbocycles. The smallest absolute Gasteiger partial charge is 0.224 e. The van der Waals surface area contributed by atoms with Crippen molar-refractivity contribution < 1.29 is 4.79 Å². The topological polar surface area (TPSA) is 58.1 Å². The molecule has 0 radical (unpaired) electrons. The lowest BCUT2D eigenvalue weighted by atomic mass is 9.96. The Balaban J connectivity index is 1.35. The molecule has 5 heteroatoms. The fourth-order valence-electron chi connectivity index (χ4n) is 4.39. The maximum absolute atomic E-state index is 12.7. The molecule has 5 nitrogen and oxygen atoms in total. The fourth-order valence-corrected chi connectivity index (χ4v) is 4.39. The summed E-state index contributed by atoms with van der Waals surface area (Å²) in [5.41, 5.74) is 3.75. The van der Waals surface area contributed by atoms with Crippen molar-refractivity contribution in [1.82, 2.24) is 15.3 Å². The Hall–Kier alpha value is -2.69. The van der Waals surface area contributed by atoms with Crippen LogP contribution in [-0.4, -0.2) is 35.5 Å². The van der Waals surface area contributed by atoms with E-state index in [2.05, 4.69) is 52.5 Å². The molecule has 1 aromatic heterocycles. The molecule has 4 rings (SSSR count). The lowest BCUT2D eigenvalue weighted by Gasteiger charge is -2.33. The van der Waals surface area contributed by atoms with Crippen LogP contribution in [0.15, 0.2) is 48.2 Å². The van der Waals surface area contributed by atoms with Gasteiger partial charge in [-0.05, 0) is 57.9 Å². The van der Waals surface area contributed by atoms with Gasteiger partial charge in [0, 0.05) is 31.4 Å². The van der Waals surface area contributed by atoms with Gasteiger partial charge in [0.25, 0.3) is 0 Å². The average Bonchev–Trinajstić information content (AvgIpc) is 2.80. The van der Waals surface area contributed by atoms with Crippen LogP contribution >= 0.6 is 0 Å². The standard InChI is InChI=1S/C25H32N4O/c1-19-9-11-21(12-10-19)24-26-16-14-23(28-24)29-17-5-8-22(18-29)25(30)27-15-13-20-6-3-2-4-7-20/h6,9-12,14,16,22H,2-5,7-8,13,15,17-18H2,1H3,(H,27,30)/t22-/m1/s1. The summed E-state index contributed by atoms with van der Waals surface area (Å²) in [5, 5.41) is 3.18. The Morgan fingerprint density at radius 2 is 2.03 bits per heavy atom. The van der Waals surface area contributed by atoms with Gasteiger partial charge in [-0.1, -0.05) is 41.5 Å². The summed E-state index contributed by atoms with van der Waals surface area (Å²) >= 11 is 0. The second kappa shape index (κ2) is 9.88. The van der Waals surface area contributed by atoms with E-state index >= 15 is 0 Å². The minimum absolute atomic E-state index is 0.0249. The highest BCUT2D eigenvalue weighted by Crippen LogP contribution is 2.24. The summed E-state index contributed by atoms with van der Waals surface area (Å²) in [5.74, 6) is 1.85. The highest BCUT2D eigenvalue weighted by molar-refractivity contribution is 5.79. The molecule has 2 aromatic rings. The number of nitrogens with zero attached hydrogens (tertiary/aromatic N) is 3. The third kappa shape index (κ3) is 5.26. The number of amides is 1. The van der Waals surface area contributed by atoms with Gasteiger partial charge in [-0.2, -0.15) is 0 Å². The molecule has 1 atom stereocenters. The molecule has 1 saturated heterocycles. The molecule has 1 fully saturated rings. The summed E-state index contributed by atoms with van der Waals surface area (Å²) in [6.45, 7) is 4.48. The number of rotatable bonds is 6. The molecule has 158 valence electrons. The number of anilines is 1. The van der Waals surface area contributed by atoms with E-state index < -0.39 is 0 Å². The second-order valence-electron chi connectivity index (χ2n) is 8.54. The Labute approximate surface area is 179 Å². The first-order chi connectivity index (χ1) is 14.7. The minimum Gasteiger partial charge on any atom is -0.356 e. The summed E-state index contributed by atoms with van der Waals surface area (Å²) in [6.07, 6.45) is 12.1. The number of benzene rings is 1. The minimum atomic E-state index is 0.0249. The van der Waals surface area contributed by atoms with Crippen LogP contribution in [0.3, 0.4) is 0 Å². The Morgan fingerprint density at radius 3 is 2.83 bits per heavy atom. The van der Waals surface area contributed by atoms with Crippen LogP contribution in [0.2, 0.25) is 0 Å². The van der Waals surface area contributed by atoms with Crippen molar-refractivity contribution in [2.24, 2.45) is 5.92 Å². The molecule has 0 saturated carbocycles. The van der Waals surface area contributed by atoms with Crippen molar-refractivity contribution in [2.75, 3.05) is 24.5 Å². The van der Waals surface area contributed by atoms with E-state index in [-0.39, 0.29) is 11.8 Å². The van der Waals surface area contributed by atoms with Crippen LogP contribution in [0.4, 0.5) is 5.82 Å². The number of piperidine rings is 1. The third-order valence-corrected chi connectivity index (χ3v) is 6.20. The van der Waals surface area contributed by atoms with Gasteiger partial charge in [-0.3, -0.25) is 4.79 Å². The highest BCUT2D eigenvalue weighted by atomic mass is 16.1. The van der Waals surface area contributed by atoms with Gasteiger partial charge in [-0.15, -0.1) is 0 Å². The van der Waals surface area contributed by atoms with Crippen LogP contribution < -0.4 is 10.2 Å². The van der Waals surface area contributed by atoms with Gasteiger partial charge in [0.15, 0.2) is 5.82 Å². The zero-order chi connectivity index (χ0) is 20.8. The number of hydrogen-bond acceptors (Lipinski definition) is 4. The molecule has 1 amide bonds. The van der Waals surface area contributed by atoms with Crippen LogP contribution in [-0.2, 0) is 4.79 Å². The van der Waals surface area contributed by atoms with Crippen LogP contribution in [0.1, 0.15) is 50.5 Å². The third-order valence-electron chi connectivity index (χ3n) is 6.20. The second-order valence-corrected chi connectivity index (χ2v) is 8.54.